The molecule has 4 nitrogen and oxygen atoms in total. The van der Waals surface area contributed by atoms with Crippen molar-refractivity contribution in [3.05, 3.63) is 24.3 Å². The van der Waals surface area contributed by atoms with Crippen LogP contribution < -0.4 is 5.32 Å². The Labute approximate surface area is 94.9 Å². The third kappa shape index (κ3) is 2.33. The van der Waals surface area contributed by atoms with Gasteiger partial charge in [0.05, 0.1) is 12.3 Å². The molecule has 0 saturated carbocycles. The fourth-order valence-corrected chi connectivity index (χ4v) is 1.59. The van der Waals surface area contributed by atoms with E-state index in [-0.39, 0.29) is 11.8 Å². The molecular formula is C12H15N3O. The number of hydrogen-bond acceptors (Lipinski definition) is 3. The molecule has 0 saturated heterocycles. The second-order valence-corrected chi connectivity index (χ2v) is 4.16. The number of allylic oxidation sites excluding steroid dienone is 3. The first-order valence-corrected chi connectivity index (χ1v) is 5.45. The van der Waals surface area contributed by atoms with Crippen molar-refractivity contribution in [2.75, 3.05) is 6.54 Å². The van der Waals surface area contributed by atoms with Gasteiger partial charge in [0.2, 0.25) is 0 Å². The van der Waals surface area contributed by atoms with Gasteiger partial charge in [-0.3, -0.25) is 4.79 Å². The molecule has 16 heavy (non-hydrogen) atoms. The van der Waals surface area contributed by atoms with Gasteiger partial charge in [-0.05, 0) is 6.08 Å². The quantitative estimate of drug-likeness (QED) is 0.769. The van der Waals surface area contributed by atoms with E-state index in [1.807, 2.05) is 38.2 Å². The Bertz CT molecular complexity index is 416. The van der Waals surface area contributed by atoms with E-state index in [4.69, 9.17) is 0 Å². The van der Waals surface area contributed by atoms with Crippen molar-refractivity contribution in [3.8, 4) is 0 Å². The fourth-order valence-electron chi connectivity index (χ4n) is 1.59. The van der Waals surface area contributed by atoms with Crippen molar-refractivity contribution in [2.24, 2.45) is 15.9 Å². The Balaban J connectivity index is 2.12. The Morgan fingerprint density at radius 3 is 2.94 bits per heavy atom. The Morgan fingerprint density at radius 2 is 2.19 bits per heavy atom. The average Bonchev–Trinajstić information content (AvgIpc) is 2.26. The van der Waals surface area contributed by atoms with E-state index < -0.39 is 0 Å². The van der Waals surface area contributed by atoms with E-state index in [9.17, 15) is 4.79 Å². The van der Waals surface area contributed by atoms with Crippen molar-refractivity contribution in [1.82, 2.24) is 5.32 Å². The molecule has 4 heteroatoms. The number of hydrogen-bond donors (Lipinski definition) is 1. The van der Waals surface area contributed by atoms with E-state index in [2.05, 4.69) is 15.3 Å². The number of carbonyl (C=O) groups excluding carboxylic acids is 1. The summed E-state index contributed by atoms with van der Waals surface area (Å²) in [5.74, 6) is 0.184. The van der Waals surface area contributed by atoms with Crippen LogP contribution in [0.3, 0.4) is 0 Å². The van der Waals surface area contributed by atoms with Gasteiger partial charge in [0.15, 0.2) is 0 Å². The monoisotopic (exact) mass is 217 g/mol. The Morgan fingerprint density at radius 1 is 1.38 bits per heavy atom. The highest BCUT2D eigenvalue weighted by Gasteiger charge is 2.25. The first-order chi connectivity index (χ1) is 7.66. The van der Waals surface area contributed by atoms with Crippen molar-refractivity contribution >= 4 is 17.5 Å². The SMILES string of the molecule is CC(C)NCC1=NC(=O)C2C=CC=CC2=N1. The van der Waals surface area contributed by atoms with Gasteiger partial charge in [-0.15, -0.1) is 0 Å². The zero-order valence-corrected chi connectivity index (χ0v) is 9.47. The minimum absolute atomic E-state index is 0.119. The molecule has 1 unspecified atom stereocenters. The summed E-state index contributed by atoms with van der Waals surface area (Å²) in [6, 6.07) is 0.359. The molecule has 2 rings (SSSR count). The highest BCUT2D eigenvalue weighted by Crippen LogP contribution is 2.15. The summed E-state index contributed by atoms with van der Waals surface area (Å²) in [5, 5.41) is 3.20. The summed E-state index contributed by atoms with van der Waals surface area (Å²) in [4.78, 5) is 20.1. The number of aliphatic imine (C=N–C) groups is 2. The molecule has 2 aliphatic rings. The molecule has 1 heterocycles. The van der Waals surface area contributed by atoms with Crippen LogP contribution >= 0.6 is 0 Å². The van der Waals surface area contributed by atoms with E-state index in [0.29, 0.717) is 18.4 Å². The van der Waals surface area contributed by atoms with Gasteiger partial charge in [0, 0.05) is 6.04 Å². The van der Waals surface area contributed by atoms with E-state index >= 15 is 0 Å². The number of amidine groups is 1. The lowest BCUT2D eigenvalue weighted by molar-refractivity contribution is -0.118. The summed E-state index contributed by atoms with van der Waals surface area (Å²) in [6.07, 6.45) is 7.44. The summed E-state index contributed by atoms with van der Waals surface area (Å²) < 4.78 is 0. The second-order valence-electron chi connectivity index (χ2n) is 4.16. The molecule has 1 amide bonds. The van der Waals surface area contributed by atoms with Crippen LogP contribution in [0.4, 0.5) is 0 Å². The number of carbonyl (C=O) groups is 1. The normalized spacial score (nSPS) is 23.2. The average molecular weight is 217 g/mol. The van der Waals surface area contributed by atoms with Crippen LogP contribution in [-0.4, -0.2) is 30.0 Å². The summed E-state index contributed by atoms with van der Waals surface area (Å²) in [7, 11) is 0. The van der Waals surface area contributed by atoms with Crippen LogP contribution in [0.25, 0.3) is 0 Å². The van der Waals surface area contributed by atoms with Gasteiger partial charge in [0.25, 0.3) is 5.91 Å². The molecule has 0 radical (unpaired) electrons. The molecule has 0 spiro atoms. The molecule has 0 bridgehead atoms. The van der Waals surface area contributed by atoms with Crippen LogP contribution in [0.2, 0.25) is 0 Å². The molecule has 0 fully saturated rings. The maximum atomic E-state index is 11.7. The second kappa shape index (κ2) is 4.53. The fraction of sp³-hybridized carbons (Fsp3) is 0.417. The van der Waals surface area contributed by atoms with E-state index in [0.717, 1.165) is 5.71 Å². The molecule has 0 aromatic rings. The van der Waals surface area contributed by atoms with Crippen LogP contribution in [0.5, 0.6) is 0 Å². The lowest BCUT2D eigenvalue weighted by atomic mass is 9.96. The highest BCUT2D eigenvalue weighted by atomic mass is 16.1. The first kappa shape index (κ1) is 11.0. The third-order valence-electron chi connectivity index (χ3n) is 2.43. The largest absolute Gasteiger partial charge is 0.308 e. The Kier molecular flexibility index (Phi) is 3.10. The maximum Gasteiger partial charge on any atom is 0.260 e. The molecule has 1 N–H and O–H groups in total. The van der Waals surface area contributed by atoms with Crippen molar-refractivity contribution in [2.45, 2.75) is 19.9 Å². The van der Waals surface area contributed by atoms with Crippen LogP contribution in [-0.2, 0) is 4.79 Å². The minimum atomic E-state index is -0.271. The van der Waals surface area contributed by atoms with Gasteiger partial charge in [-0.1, -0.05) is 32.1 Å². The predicted octanol–water partition coefficient (Wildman–Crippen LogP) is 1.11. The third-order valence-corrected chi connectivity index (χ3v) is 2.43. The first-order valence-electron chi connectivity index (χ1n) is 5.45. The number of rotatable bonds is 3. The standard InChI is InChI=1S/C12H15N3O/c1-8(2)13-7-11-14-10-6-4-3-5-9(10)12(16)15-11/h3-6,8-9,13H,7H2,1-2H3. The molecule has 0 aromatic heterocycles. The lowest BCUT2D eigenvalue weighted by Gasteiger charge is -2.18. The van der Waals surface area contributed by atoms with Crippen molar-refractivity contribution in [1.29, 1.82) is 0 Å². The van der Waals surface area contributed by atoms with Gasteiger partial charge in [-0.2, -0.15) is 4.99 Å². The molecule has 84 valence electrons. The van der Waals surface area contributed by atoms with Crippen LogP contribution in [0.1, 0.15) is 13.8 Å². The molecular weight excluding hydrogens is 202 g/mol. The summed E-state index contributed by atoms with van der Waals surface area (Å²) in [6.45, 7) is 4.63. The molecule has 1 aliphatic carbocycles. The predicted molar refractivity (Wildman–Crippen MR) is 64.8 cm³/mol. The molecule has 0 aromatic carbocycles. The molecule has 1 atom stereocenters. The Hall–Kier alpha value is -1.55. The maximum absolute atomic E-state index is 11.7. The summed E-state index contributed by atoms with van der Waals surface area (Å²) in [5.41, 5.74) is 0.794. The topological polar surface area (TPSA) is 53.8 Å². The number of nitrogens with zero attached hydrogens (tertiary/aromatic N) is 2. The lowest BCUT2D eigenvalue weighted by Crippen LogP contribution is -2.34. The number of fused-ring (bicyclic) bond motifs is 1. The minimum Gasteiger partial charge on any atom is -0.308 e. The highest BCUT2D eigenvalue weighted by molar-refractivity contribution is 6.21. The zero-order chi connectivity index (χ0) is 11.5. The smallest absolute Gasteiger partial charge is 0.260 e. The van der Waals surface area contributed by atoms with Crippen LogP contribution in [0.15, 0.2) is 34.3 Å². The van der Waals surface area contributed by atoms with Gasteiger partial charge in [0.1, 0.15) is 11.8 Å². The van der Waals surface area contributed by atoms with Gasteiger partial charge >= 0.3 is 0 Å². The van der Waals surface area contributed by atoms with Crippen molar-refractivity contribution in [3.63, 3.8) is 0 Å². The molecule has 1 aliphatic heterocycles. The summed E-state index contributed by atoms with van der Waals surface area (Å²) >= 11 is 0. The number of nitrogens with one attached hydrogen (secondary N) is 1. The van der Waals surface area contributed by atoms with E-state index in [1.165, 1.54) is 0 Å². The zero-order valence-electron chi connectivity index (χ0n) is 9.47. The van der Waals surface area contributed by atoms with Gasteiger partial charge in [-0.25, -0.2) is 4.99 Å². The van der Waals surface area contributed by atoms with Crippen molar-refractivity contribution < 1.29 is 4.79 Å². The van der Waals surface area contributed by atoms with E-state index in [1.54, 1.807) is 0 Å². The van der Waals surface area contributed by atoms with Gasteiger partial charge < -0.3 is 5.32 Å². The number of amides is 1. The van der Waals surface area contributed by atoms with Crippen LogP contribution in [0, 0.1) is 5.92 Å².